The standard InChI is InChI=1S/C14H16FN3/c1-3-11-4-6-12(7-5-11)10(2)18-14-16-8-13(15)9-17-14/h4-10H,3H2,1-2H3,(H,16,17,18). The van der Waals surface area contributed by atoms with Gasteiger partial charge in [-0.3, -0.25) is 0 Å². The summed E-state index contributed by atoms with van der Waals surface area (Å²) in [4.78, 5) is 7.76. The lowest BCUT2D eigenvalue weighted by atomic mass is 10.1. The molecule has 1 aromatic carbocycles. The van der Waals surface area contributed by atoms with Gasteiger partial charge in [-0.15, -0.1) is 0 Å². The van der Waals surface area contributed by atoms with Crippen LogP contribution in [0.5, 0.6) is 0 Å². The fourth-order valence-electron chi connectivity index (χ4n) is 1.71. The van der Waals surface area contributed by atoms with E-state index in [-0.39, 0.29) is 6.04 Å². The normalized spacial score (nSPS) is 12.2. The monoisotopic (exact) mass is 245 g/mol. The minimum atomic E-state index is -0.430. The molecule has 1 unspecified atom stereocenters. The van der Waals surface area contributed by atoms with E-state index in [1.807, 2.05) is 6.92 Å². The fourth-order valence-corrected chi connectivity index (χ4v) is 1.71. The Kier molecular flexibility index (Phi) is 3.87. The van der Waals surface area contributed by atoms with E-state index in [0.29, 0.717) is 5.95 Å². The maximum atomic E-state index is 12.7. The van der Waals surface area contributed by atoms with E-state index in [1.165, 1.54) is 5.56 Å². The summed E-state index contributed by atoms with van der Waals surface area (Å²) in [5.41, 5.74) is 2.46. The van der Waals surface area contributed by atoms with Gasteiger partial charge in [0.25, 0.3) is 0 Å². The fraction of sp³-hybridized carbons (Fsp3) is 0.286. The largest absolute Gasteiger partial charge is 0.348 e. The van der Waals surface area contributed by atoms with Crippen molar-refractivity contribution in [1.29, 1.82) is 0 Å². The lowest BCUT2D eigenvalue weighted by molar-refractivity contribution is 0.613. The molecule has 1 aromatic heterocycles. The van der Waals surface area contributed by atoms with Gasteiger partial charge >= 0.3 is 0 Å². The summed E-state index contributed by atoms with van der Waals surface area (Å²) in [6.45, 7) is 4.15. The molecule has 0 bridgehead atoms. The summed E-state index contributed by atoms with van der Waals surface area (Å²) in [5, 5.41) is 3.13. The molecule has 1 heterocycles. The molecule has 0 amide bonds. The van der Waals surface area contributed by atoms with Gasteiger partial charge in [0.05, 0.1) is 18.4 Å². The Morgan fingerprint density at radius 3 is 2.33 bits per heavy atom. The van der Waals surface area contributed by atoms with Crippen LogP contribution >= 0.6 is 0 Å². The number of nitrogens with one attached hydrogen (secondary N) is 1. The van der Waals surface area contributed by atoms with Gasteiger partial charge in [0.2, 0.25) is 5.95 Å². The Hall–Kier alpha value is -1.97. The predicted octanol–water partition coefficient (Wildman–Crippen LogP) is 3.35. The highest BCUT2D eigenvalue weighted by Crippen LogP contribution is 2.17. The molecule has 0 aliphatic heterocycles. The van der Waals surface area contributed by atoms with E-state index in [4.69, 9.17) is 0 Å². The molecule has 0 aliphatic carbocycles. The third-order valence-electron chi connectivity index (χ3n) is 2.85. The molecule has 2 rings (SSSR count). The summed E-state index contributed by atoms with van der Waals surface area (Å²) in [5.74, 6) is 0.00368. The minimum absolute atomic E-state index is 0.0846. The Morgan fingerprint density at radius 2 is 1.78 bits per heavy atom. The first-order valence-corrected chi connectivity index (χ1v) is 6.02. The Balaban J connectivity index is 2.06. The summed E-state index contributed by atoms with van der Waals surface area (Å²) in [7, 11) is 0. The molecule has 2 aromatic rings. The van der Waals surface area contributed by atoms with Crippen LogP contribution < -0.4 is 5.32 Å². The van der Waals surface area contributed by atoms with Crippen LogP contribution in [-0.4, -0.2) is 9.97 Å². The number of aromatic nitrogens is 2. The first-order valence-electron chi connectivity index (χ1n) is 6.02. The molecule has 0 fully saturated rings. The van der Waals surface area contributed by atoms with E-state index >= 15 is 0 Å². The van der Waals surface area contributed by atoms with Crippen molar-refractivity contribution in [1.82, 2.24) is 9.97 Å². The number of anilines is 1. The Bertz CT molecular complexity index is 493. The second-order valence-corrected chi connectivity index (χ2v) is 4.19. The van der Waals surface area contributed by atoms with Crippen LogP contribution in [0.15, 0.2) is 36.7 Å². The number of benzene rings is 1. The van der Waals surface area contributed by atoms with Gasteiger partial charge in [0.1, 0.15) is 0 Å². The van der Waals surface area contributed by atoms with Crippen molar-refractivity contribution >= 4 is 5.95 Å². The molecule has 1 atom stereocenters. The van der Waals surface area contributed by atoms with E-state index in [9.17, 15) is 4.39 Å². The molecule has 1 N–H and O–H groups in total. The third kappa shape index (κ3) is 3.03. The number of aryl methyl sites for hydroxylation is 1. The minimum Gasteiger partial charge on any atom is -0.348 e. The van der Waals surface area contributed by atoms with Gasteiger partial charge in [-0.25, -0.2) is 14.4 Å². The molecule has 4 heteroatoms. The van der Waals surface area contributed by atoms with Crippen molar-refractivity contribution in [2.45, 2.75) is 26.3 Å². The van der Waals surface area contributed by atoms with E-state index < -0.39 is 5.82 Å². The molecule has 0 aliphatic rings. The van der Waals surface area contributed by atoms with Crippen LogP contribution in [0.3, 0.4) is 0 Å². The Labute approximate surface area is 106 Å². The molecular weight excluding hydrogens is 229 g/mol. The van der Waals surface area contributed by atoms with Gasteiger partial charge in [-0.05, 0) is 24.5 Å². The summed E-state index contributed by atoms with van der Waals surface area (Å²) >= 11 is 0. The molecule has 94 valence electrons. The lowest BCUT2D eigenvalue weighted by Crippen LogP contribution is -2.09. The van der Waals surface area contributed by atoms with E-state index in [0.717, 1.165) is 24.4 Å². The quantitative estimate of drug-likeness (QED) is 0.897. The number of halogens is 1. The van der Waals surface area contributed by atoms with E-state index in [2.05, 4.69) is 46.5 Å². The molecule has 0 spiro atoms. The first-order chi connectivity index (χ1) is 8.69. The topological polar surface area (TPSA) is 37.8 Å². The zero-order valence-electron chi connectivity index (χ0n) is 10.5. The molecule has 18 heavy (non-hydrogen) atoms. The molecule has 0 radical (unpaired) electrons. The zero-order valence-corrected chi connectivity index (χ0v) is 10.5. The van der Waals surface area contributed by atoms with Crippen molar-refractivity contribution in [3.05, 3.63) is 53.6 Å². The third-order valence-corrected chi connectivity index (χ3v) is 2.85. The van der Waals surface area contributed by atoms with Crippen molar-refractivity contribution < 1.29 is 4.39 Å². The lowest BCUT2D eigenvalue weighted by Gasteiger charge is -2.14. The van der Waals surface area contributed by atoms with Crippen molar-refractivity contribution in [3.8, 4) is 0 Å². The molecule has 0 saturated heterocycles. The van der Waals surface area contributed by atoms with Crippen molar-refractivity contribution in [3.63, 3.8) is 0 Å². The maximum Gasteiger partial charge on any atom is 0.223 e. The Morgan fingerprint density at radius 1 is 1.17 bits per heavy atom. The highest BCUT2D eigenvalue weighted by molar-refractivity contribution is 5.32. The average molecular weight is 245 g/mol. The van der Waals surface area contributed by atoms with Crippen LogP contribution in [0, 0.1) is 5.82 Å². The molecule has 3 nitrogen and oxygen atoms in total. The highest BCUT2D eigenvalue weighted by atomic mass is 19.1. The number of nitrogens with zero attached hydrogens (tertiary/aromatic N) is 2. The second-order valence-electron chi connectivity index (χ2n) is 4.19. The SMILES string of the molecule is CCc1ccc(C(C)Nc2ncc(F)cn2)cc1. The first kappa shape index (κ1) is 12.5. The summed E-state index contributed by atoms with van der Waals surface area (Å²) in [6.07, 6.45) is 3.34. The van der Waals surface area contributed by atoms with Crippen molar-refractivity contribution in [2.75, 3.05) is 5.32 Å². The molecule has 0 saturated carbocycles. The van der Waals surface area contributed by atoms with Crippen LogP contribution in [0.2, 0.25) is 0 Å². The van der Waals surface area contributed by atoms with Crippen LogP contribution in [-0.2, 0) is 6.42 Å². The average Bonchev–Trinajstić information content (AvgIpc) is 2.41. The van der Waals surface area contributed by atoms with Gasteiger partial charge in [-0.2, -0.15) is 0 Å². The number of hydrogen-bond donors (Lipinski definition) is 1. The van der Waals surface area contributed by atoms with Crippen molar-refractivity contribution in [2.24, 2.45) is 0 Å². The predicted molar refractivity (Wildman–Crippen MR) is 69.8 cm³/mol. The van der Waals surface area contributed by atoms with Gasteiger partial charge in [0.15, 0.2) is 5.82 Å². The highest BCUT2D eigenvalue weighted by Gasteiger charge is 2.06. The molecular formula is C14H16FN3. The van der Waals surface area contributed by atoms with Crippen LogP contribution in [0.4, 0.5) is 10.3 Å². The second kappa shape index (κ2) is 5.58. The zero-order chi connectivity index (χ0) is 13.0. The van der Waals surface area contributed by atoms with Gasteiger partial charge < -0.3 is 5.32 Å². The summed E-state index contributed by atoms with van der Waals surface area (Å²) in [6, 6.07) is 8.47. The van der Waals surface area contributed by atoms with Crippen LogP contribution in [0.25, 0.3) is 0 Å². The van der Waals surface area contributed by atoms with Gasteiger partial charge in [-0.1, -0.05) is 31.2 Å². The van der Waals surface area contributed by atoms with Gasteiger partial charge in [0, 0.05) is 0 Å². The van der Waals surface area contributed by atoms with Crippen LogP contribution in [0.1, 0.15) is 31.0 Å². The smallest absolute Gasteiger partial charge is 0.223 e. The van der Waals surface area contributed by atoms with E-state index in [1.54, 1.807) is 0 Å². The number of rotatable bonds is 4. The maximum absolute atomic E-state index is 12.7. The number of hydrogen-bond acceptors (Lipinski definition) is 3. The summed E-state index contributed by atoms with van der Waals surface area (Å²) < 4.78 is 12.7.